The Morgan fingerprint density at radius 1 is 1.08 bits per heavy atom. The Morgan fingerprint density at radius 2 is 1.72 bits per heavy atom. The first kappa shape index (κ1) is 17.1. The topological polar surface area (TPSA) is 83.8 Å². The number of amides is 2. The second-order valence-corrected chi connectivity index (χ2v) is 6.45. The van der Waals surface area contributed by atoms with Crippen LogP contribution in [0.2, 0.25) is 0 Å². The lowest BCUT2D eigenvalue weighted by Gasteiger charge is -2.35. The van der Waals surface area contributed by atoms with Gasteiger partial charge in [0.25, 0.3) is 11.6 Å². The van der Waals surface area contributed by atoms with Gasteiger partial charge in [-0.1, -0.05) is 12.2 Å². The Kier molecular flexibility index (Phi) is 5.11. The zero-order valence-electron chi connectivity index (χ0n) is 14.0. The molecule has 1 heterocycles. The average Bonchev–Trinajstić information content (AvgIpc) is 3.14. The van der Waals surface area contributed by atoms with Gasteiger partial charge in [-0.15, -0.1) is 0 Å². The highest BCUT2D eigenvalue weighted by Crippen LogP contribution is 2.22. The Balaban J connectivity index is 1.52. The number of benzene rings is 1. The van der Waals surface area contributed by atoms with Gasteiger partial charge in [0.15, 0.2) is 0 Å². The number of carbonyl (C=O) groups excluding carboxylic acids is 2. The highest BCUT2D eigenvalue weighted by atomic mass is 16.6. The maximum atomic E-state index is 12.5. The van der Waals surface area contributed by atoms with Crippen molar-refractivity contribution < 1.29 is 14.5 Å². The quantitative estimate of drug-likeness (QED) is 0.477. The summed E-state index contributed by atoms with van der Waals surface area (Å²) in [5, 5.41) is 10.7. The Hall–Kier alpha value is -2.70. The molecule has 132 valence electrons. The van der Waals surface area contributed by atoms with Crippen LogP contribution in [0.1, 0.15) is 29.6 Å². The van der Waals surface area contributed by atoms with E-state index < -0.39 is 4.92 Å². The van der Waals surface area contributed by atoms with E-state index in [0.717, 1.165) is 12.8 Å². The van der Waals surface area contributed by atoms with Gasteiger partial charge in [0.2, 0.25) is 5.91 Å². The molecule has 1 unspecified atom stereocenters. The van der Waals surface area contributed by atoms with E-state index in [1.807, 2.05) is 4.90 Å². The summed E-state index contributed by atoms with van der Waals surface area (Å²) in [6, 6.07) is 5.62. The molecule has 0 aromatic heterocycles. The van der Waals surface area contributed by atoms with E-state index in [2.05, 4.69) is 12.2 Å². The minimum Gasteiger partial charge on any atom is -0.339 e. The molecular weight excluding hydrogens is 322 g/mol. The summed E-state index contributed by atoms with van der Waals surface area (Å²) in [5.74, 6) is 0.354. The van der Waals surface area contributed by atoms with Crippen LogP contribution in [-0.4, -0.2) is 52.7 Å². The number of allylic oxidation sites excluding steroid dienone is 2. The van der Waals surface area contributed by atoms with Crippen LogP contribution >= 0.6 is 0 Å². The van der Waals surface area contributed by atoms with E-state index >= 15 is 0 Å². The van der Waals surface area contributed by atoms with Gasteiger partial charge >= 0.3 is 0 Å². The van der Waals surface area contributed by atoms with Gasteiger partial charge in [0.05, 0.1) is 4.92 Å². The third-order valence-electron chi connectivity index (χ3n) is 4.79. The Bertz CT molecular complexity index is 691. The zero-order valence-corrected chi connectivity index (χ0v) is 14.0. The predicted molar refractivity (Wildman–Crippen MR) is 92.1 cm³/mol. The Labute approximate surface area is 146 Å². The van der Waals surface area contributed by atoms with Crippen molar-refractivity contribution >= 4 is 17.5 Å². The molecule has 7 nitrogen and oxygen atoms in total. The smallest absolute Gasteiger partial charge is 0.269 e. The molecule has 1 saturated heterocycles. The van der Waals surface area contributed by atoms with Crippen LogP contribution in [0.15, 0.2) is 36.4 Å². The first-order chi connectivity index (χ1) is 12.0. The molecule has 0 bridgehead atoms. The lowest BCUT2D eigenvalue weighted by molar-refractivity contribution is -0.384. The first-order valence-corrected chi connectivity index (χ1v) is 8.53. The number of hydrogen-bond acceptors (Lipinski definition) is 4. The third-order valence-corrected chi connectivity index (χ3v) is 4.79. The van der Waals surface area contributed by atoms with Crippen LogP contribution in [0.3, 0.4) is 0 Å². The number of nitro groups is 1. The fraction of sp³-hybridized carbons (Fsp3) is 0.444. The van der Waals surface area contributed by atoms with Gasteiger partial charge in [-0.05, 0) is 30.9 Å². The summed E-state index contributed by atoms with van der Waals surface area (Å²) < 4.78 is 0. The van der Waals surface area contributed by atoms with Crippen LogP contribution in [0, 0.1) is 16.0 Å². The van der Waals surface area contributed by atoms with E-state index in [4.69, 9.17) is 0 Å². The van der Waals surface area contributed by atoms with Crippen LogP contribution in [0.4, 0.5) is 5.69 Å². The van der Waals surface area contributed by atoms with Crippen LogP contribution < -0.4 is 0 Å². The minimum absolute atomic E-state index is 0.0343. The van der Waals surface area contributed by atoms with Crippen molar-refractivity contribution in [1.82, 2.24) is 9.80 Å². The van der Waals surface area contributed by atoms with E-state index in [1.165, 1.54) is 24.3 Å². The van der Waals surface area contributed by atoms with Crippen molar-refractivity contribution in [1.29, 1.82) is 0 Å². The van der Waals surface area contributed by atoms with Crippen molar-refractivity contribution in [3.8, 4) is 0 Å². The number of non-ortho nitro benzene ring substituents is 1. The van der Waals surface area contributed by atoms with Crippen molar-refractivity contribution in [2.75, 3.05) is 26.2 Å². The lowest BCUT2D eigenvalue weighted by Crippen LogP contribution is -2.50. The molecule has 0 saturated carbocycles. The summed E-state index contributed by atoms with van der Waals surface area (Å²) >= 11 is 0. The second-order valence-electron chi connectivity index (χ2n) is 6.45. The van der Waals surface area contributed by atoms with Gasteiger partial charge in [-0.3, -0.25) is 19.7 Å². The summed E-state index contributed by atoms with van der Waals surface area (Å²) in [7, 11) is 0. The van der Waals surface area contributed by atoms with Gasteiger partial charge in [-0.2, -0.15) is 0 Å². The fourth-order valence-electron chi connectivity index (χ4n) is 3.29. The summed E-state index contributed by atoms with van der Waals surface area (Å²) in [6.07, 6.45) is 6.89. The fourth-order valence-corrected chi connectivity index (χ4v) is 3.29. The number of nitrogens with zero attached hydrogens (tertiary/aromatic N) is 3. The number of piperazine rings is 1. The maximum Gasteiger partial charge on any atom is 0.269 e. The van der Waals surface area contributed by atoms with Crippen LogP contribution in [-0.2, 0) is 4.79 Å². The first-order valence-electron chi connectivity index (χ1n) is 8.53. The largest absolute Gasteiger partial charge is 0.339 e. The molecule has 2 amide bonds. The zero-order chi connectivity index (χ0) is 17.8. The van der Waals surface area contributed by atoms with Gasteiger partial charge in [0.1, 0.15) is 0 Å². The maximum absolute atomic E-state index is 12.5. The molecule has 1 aliphatic heterocycles. The van der Waals surface area contributed by atoms with E-state index in [9.17, 15) is 19.7 Å². The minimum atomic E-state index is -0.488. The summed E-state index contributed by atoms with van der Waals surface area (Å²) in [5.41, 5.74) is 0.398. The second kappa shape index (κ2) is 7.46. The van der Waals surface area contributed by atoms with Crippen molar-refractivity contribution in [3.05, 3.63) is 52.1 Å². The summed E-state index contributed by atoms with van der Waals surface area (Å²) in [6.45, 7) is 2.05. The normalized spacial score (nSPS) is 19.9. The highest BCUT2D eigenvalue weighted by molar-refractivity contribution is 5.94. The number of hydrogen-bond donors (Lipinski definition) is 0. The molecule has 0 radical (unpaired) electrons. The molecule has 2 aliphatic rings. The number of rotatable bonds is 4. The summed E-state index contributed by atoms with van der Waals surface area (Å²) in [4.78, 5) is 38.5. The molecule has 25 heavy (non-hydrogen) atoms. The standard InChI is InChI=1S/C18H21N3O4/c22-17(13-14-3-1-2-4-14)19-9-11-20(12-10-19)18(23)15-5-7-16(8-6-15)21(24)25/h1,3,5-8,14H,2,4,9-13H2. The molecule has 0 N–H and O–H groups in total. The highest BCUT2D eigenvalue weighted by Gasteiger charge is 2.26. The number of nitro benzene ring substituents is 1. The molecule has 1 fully saturated rings. The van der Waals surface area contributed by atoms with Crippen molar-refractivity contribution in [2.24, 2.45) is 5.92 Å². The molecule has 7 heteroatoms. The van der Waals surface area contributed by atoms with Gasteiger partial charge in [0, 0.05) is 50.3 Å². The predicted octanol–water partition coefficient (Wildman–Crippen LogP) is 2.24. The number of carbonyl (C=O) groups is 2. The third kappa shape index (κ3) is 4.04. The molecule has 1 atom stereocenters. The Morgan fingerprint density at radius 3 is 2.28 bits per heavy atom. The molecule has 0 spiro atoms. The molecular formula is C18H21N3O4. The molecule has 1 aromatic carbocycles. The van der Waals surface area contributed by atoms with Crippen molar-refractivity contribution in [3.63, 3.8) is 0 Å². The average molecular weight is 343 g/mol. The monoisotopic (exact) mass is 343 g/mol. The lowest BCUT2D eigenvalue weighted by atomic mass is 10.0. The van der Waals surface area contributed by atoms with Gasteiger partial charge in [-0.25, -0.2) is 0 Å². The molecule has 3 rings (SSSR count). The van der Waals surface area contributed by atoms with Crippen molar-refractivity contribution in [2.45, 2.75) is 19.3 Å². The van der Waals surface area contributed by atoms with E-state index in [1.54, 1.807) is 4.90 Å². The van der Waals surface area contributed by atoms with Gasteiger partial charge < -0.3 is 9.80 Å². The molecule has 1 aliphatic carbocycles. The molecule has 1 aromatic rings. The van der Waals surface area contributed by atoms with Crippen LogP contribution in [0.25, 0.3) is 0 Å². The SMILES string of the molecule is O=C(CC1C=CCC1)N1CCN(C(=O)c2ccc([N+](=O)[O-])cc2)CC1. The van der Waals surface area contributed by atoms with E-state index in [0.29, 0.717) is 44.1 Å². The van der Waals surface area contributed by atoms with E-state index in [-0.39, 0.29) is 17.5 Å². The van der Waals surface area contributed by atoms with Crippen LogP contribution in [0.5, 0.6) is 0 Å².